The lowest BCUT2D eigenvalue weighted by Gasteiger charge is -2.16. The van der Waals surface area contributed by atoms with E-state index >= 15 is 0 Å². The Labute approximate surface area is 159 Å². The molecule has 0 aromatic heterocycles. The Bertz CT molecular complexity index is 895. The highest BCUT2D eigenvalue weighted by Gasteiger charge is 2.22. The van der Waals surface area contributed by atoms with Crippen molar-refractivity contribution in [1.82, 2.24) is 10.0 Å². The maximum Gasteiger partial charge on any atom is 0.255 e. The van der Waals surface area contributed by atoms with Crippen molar-refractivity contribution >= 4 is 15.9 Å². The summed E-state index contributed by atoms with van der Waals surface area (Å²) in [7, 11) is -0.843. The van der Waals surface area contributed by atoms with Gasteiger partial charge in [-0.05, 0) is 49.7 Å². The summed E-state index contributed by atoms with van der Waals surface area (Å²) in [6.07, 6.45) is 0. The van der Waals surface area contributed by atoms with Crippen molar-refractivity contribution in [2.75, 3.05) is 20.8 Å². The molecule has 1 amide bonds. The van der Waals surface area contributed by atoms with Gasteiger partial charge in [0.05, 0.1) is 24.7 Å². The van der Waals surface area contributed by atoms with Crippen molar-refractivity contribution in [3.05, 3.63) is 53.6 Å². The zero-order valence-electron chi connectivity index (χ0n) is 15.8. The van der Waals surface area contributed by atoms with Crippen LogP contribution in [0, 0.1) is 0 Å². The van der Waals surface area contributed by atoms with Crippen molar-refractivity contribution in [2.24, 2.45) is 0 Å². The maximum atomic E-state index is 12.8. The molecule has 0 saturated carbocycles. The normalized spacial score (nSPS) is 12.3. The molecule has 27 heavy (non-hydrogen) atoms. The van der Waals surface area contributed by atoms with Crippen LogP contribution in [-0.4, -0.2) is 35.1 Å². The minimum Gasteiger partial charge on any atom is -0.497 e. The lowest BCUT2D eigenvalue weighted by molar-refractivity contribution is 0.0952. The van der Waals surface area contributed by atoms with Crippen LogP contribution >= 0.6 is 0 Å². The van der Waals surface area contributed by atoms with Crippen molar-refractivity contribution in [1.29, 1.82) is 0 Å². The SMILES string of the molecule is CCNC(=O)c1cc(S(=O)(=O)NC(C)c2ccc(OC)cc2)ccc1OC. The van der Waals surface area contributed by atoms with E-state index in [-0.39, 0.29) is 10.5 Å². The molecule has 1 atom stereocenters. The third-order valence-corrected chi connectivity index (χ3v) is 5.55. The molecule has 0 spiro atoms. The molecule has 0 radical (unpaired) electrons. The largest absolute Gasteiger partial charge is 0.497 e. The first kappa shape index (κ1) is 20.7. The van der Waals surface area contributed by atoms with Gasteiger partial charge in [-0.3, -0.25) is 4.79 Å². The fraction of sp³-hybridized carbons (Fsp3) is 0.316. The quantitative estimate of drug-likeness (QED) is 0.720. The summed E-state index contributed by atoms with van der Waals surface area (Å²) >= 11 is 0. The zero-order valence-corrected chi connectivity index (χ0v) is 16.6. The Balaban J connectivity index is 2.29. The van der Waals surface area contributed by atoms with Crippen LogP contribution < -0.4 is 19.5 Å². The Morgan fingerprint density at radius 2 is 1.74 bits per heavy atom. The first-order valence-corrected chi connectivity index (χ1v) is 9.93. The summed E-state index contributed by atoms with van der Waals surface area (Å²) in [6.45, 7) is 3.95. The number of ether oxygens (including phenoxy) is 2. The van der Waals surface area contributed by atoms with E-state index in [4.69, 9.17) is 9.47 Å². The molecule has 2 aromatic carbocycles. The lowest BCUT2D eigenvalue weighted by Crippen LogP contribution is -2.28. The van der Waals surface area contributed by atoms with E-state index in [0.29, 0.717) is 18.0 Å². The van der Waals surface area contributed by atoms with Crippen molar-refractivity contribution in [3.8, 4) is 11.5 Å². The second-order valence-corrected chi connectivity index (χ2v) is 7.55. The summed E-state index contributed by atoms with van der Waals surface area (Å²) in [6, 6.07) is 10.8. The standard InChI is InChI=1S/C19H24N2O5S/c1-5-20-19(22)17-12-16(10-11-18(17)26-4)27(23,24)21-13(2)14-6-8-15(25-3)9-7-14/h6-13,21H,5H2,1-4H3,(H,20,22). The first-order chi connectivity index (χ1) is 12.8. The molecule has 0 aliphatic heterocycles. The van der Waals surface area contributed by atoms with E-state index < -0.39 is 22.0 Å². The highest BCUT2D eigenvalue weighted by molar-refractivity contribution is 7.89. The first-order valence-electron chi connectivity index (χ1n) is 8.45. The second kappa shape index (κ2) is 8.88. The van der Waals surface area contributed by atoms with Crippen LogP contribution in [0.3, 0.4) is 0 Å². The third kappa shape index (κ3) is 4.99. The van der Waals surface area contributed by atoms with Gasteiger partial charge in [0, 0.05) is 12.6 Å². The molecule has 2 N–H and O–H groups in total. The Kier molecular flexibility index (Phi) is 6.81. The molecule has 8 heteroatoms. The van der Waals surface area contributed by atoms with Crippen LogP contribution in [0.4, 0.5) is 0 Å². The molecule has 0 fully saturated rings. The molecule has 146 valence electrons. The fourth-order valence-corrected chi connectivity index (χ4v) is 3.81. The van der Waals surface area contributed by atoms with Crippen LogP contribution in [0.25, 0.3) is 0 Å². The van der Waals surface area contributed by atoms with Gasteiger partial charge in [0.25, 0.3) is 5.91 Å². The number of methoxy groups -OCH3 is 2. The number of sulfonamides is 1. The van der Waals surface area contributed by atoms with Crippen molar-refractivity contribution in [3.63, 3.8) is 0 Å². The van der Waals surface area contributed by atoms with Crippen LogP contribution in [0.1, 0.15) is 35.8 Å². The molecule has 1 unspecified atom stereocenters. The summed E-state index contributed by atoms with van der Waals surface area (Å²) in [5, 5.41) is 2.65. The Hall–Kier alpha value is -2.58. The van der Waals surface area contributed by atoms with Gasteiger partial charge >= 0.3 is 0 Å². The van der Waals surface area contributed by atoms with Crippen molar-refractivity contribution < 1.29 is 22.7 Å². The number of nitrogens with one attached hydrogen (secondary N) is 2. The molecular formula is C19H24N2O5S. The molecule has 0 aliphatic carbocycles. The third-order valence-electron chi connectivity index (χ3n) is 4.01. The lowest BCUT2D eigenvalue weighted by atomic mass is 10.1. The number of amides is 1. The number of carbonyl (C=O) groups is 1. The molecule has 0 bridgehead atoms. The highest BCUT2D eigenvalue weighted by Crippen LogP contribution is 2.24. The van der Waals surface area contributed by atoms with Gasteiger partial charge in [0.15, 0.2) is 0 Å². The van der Waals surface area contributed by atoms with E-state index in [1.54, 1.807) is 45.2 Å². The molecule has 2 aromatic rings. The van der Waals surface area contributed by atoms with Gasteiger partial charge in [-0.1, -0.05) is 12.1 Å². The van der Waals surface area contributed by atoms with Crippen LogP contribution in [0.15, 0.2) is 47.4 Å². The smallest absolute Gasteiger partial charge is 0.255 e. The van der Waals surface area contributed by atoms with Gasteiger partial charge in [-0.15, -0.1) is 0 Å². The summed E-state index contributed by atoms with van der Waals surface area (Å²) in [5.41, 5.74) is 0.955. The van der Waals surface area contributed by atoms with Gasteiger partial charge in [-0.2, -0.15) is 0 Å². The molecule has 0 aliphatic rings. The summed E-state index contributed by atoms with van der Waals surface area (Å²) < 4.78 is 38.4. The van der Waals surface area contributed by atoms with Crippen molar-refractivity contribution in [2.45, 2.75) is 24.8 Å². The average Bonchev–Trinajstić information content (AvgIpc) is 2.67. The molecule has 2 rings (SSSR count). The summed E-state index contributed by atoms with van der Waals surface area (Å²) in [5.74, 6) is 0.605. The topological polar surface area (TPSA) is 93.7 Å². The number of hydrogen-bond donors (Lipinski definition) is 2. The highest BCUT2D eigenvalue weighted by atomic mass is 32.2. The minimum absolute atomic E-state index is 0.00934. The Morgan fingerprint density at radius 1 is 1.07 bits per heavy atom. The molecule has 0 saturated heterocycles. The van der Waals surface area contributed by atoms with E-state index in [1.165, 1.54) is 25.3 Å². The van der Waals surface area contributed by atoms with E-state index in [9.17, 15) is 13.2 Å². The Morgan fingerprint density at radius 3 is 2.30 bits per heavy atom. The number of carbonyl (C=O) groups excluding carboxylic acids is 1. The van der Waals surface area contributed by atoms with Crippen LogP contribution in [0.5, 0.6) is 11.5 Å². The van der Waals surface area contributed by atoms with Crippen LogP contribution in [0.2, 0.25) is 0 Å². The predicted molar refractivity (Wildman–Crippen MR) is 103 cm³/mol. The number of hydrogen-bond acceptors (Lipinski definition) is 5. The second-order valence-electron chi connectivity index (χ2n) is 5.84. The van der Waals surface area contributed by atoms with Gasteiger partial charge in [0.1, 0.15) is 11.5 Å². The van der Waals surface area contributed by atoms with E-state index in [2.05, 4.69) is 10.0 Å². The van der Waals surface area contributed by atoms with Gasteiger partial charge in [0.2, 0.25) is 10.0 Å². The molecule has 0 heterocycles. The van der Waals surface area contributed by atoms with E-state index in [1.807, 2.05) is 0 Å². The monoisotopic (exact) mass is 392 g/mol. The zero-order chi connectivity index (χ0) is 20.0. The summed E-state index contributed by atoms with van der Waals surface area (Å²) in [4.78, 5) is 12.2. The number of rotatable bonds is 8. The fourth-order valence-electron chi connectivity index (χ4n) is 2.55. The average molecular weight is 392 g/mol. The number of benzene rings is 2. The van der Waals surface area contributed by atoms with E-state index in [0.717, 1.165) is 5.56 Å². The molecule has 7 nitrogen and oxygen atoms in total. The minimum atomic E-state index is -3.84. The molecular weight excluding hydrogens is 368 g/mol. The predicted octanol–water partition coefficient (Wildman–Crippen LogP) is 2.49. The maximum absolute atomic E-state index is 12.8. The van der Waals surface area contributed by atoms with Gasteiger partial charge < -0.3 is 14.8 Å². The van der Waals surface area contributed by atoms with Crippen LogP contribution in [-0.2, 0) is 10.0 Å². The van der Waals surface area contributed by atoms with Gasteiger partial charge in [-0.25, -0.2) is 13.1 Å².